The molecular weight excluding hydrogens is 232 g/mol. The van der Waals surface area contributed by atoms with Gasteiger partial charge in [0.25, 0.3) is 0 Å². The van der Waals surface area contributed by atoms with Crippen LogP contribution in [0.15, 0.2) is 57.8 Å². The first-order valence-corrected chi connectivity index (χ1v) is 5.35. The van der Waals surface area contributed by atoms with Crippen LogP contribution >= 0.6 is 0 Å². The van der Waals surface area contributed by atoms with Crippen molar-refractivity contribution in [3.05, 3.63) is 60.5 Å². The van der Waals surface area contributed by atoms with Crippen molar-refractivity contribution in [2.75, 3.05) is 0 Å². The number of carbonyl (C=O) groups is 2. The van der Waals surface area contributed by atoms with Gasteiger partial charge in [-0.1, -0.05) is 0 Å². The molecule has 0 aromatic carbocycles. The van der Waals surface area contributed by atoms with Gasteiger partial charge in [-0.05, 0) is 24.3 Å². The molecule has 88 valence electrons. The minimum absolute atomic E-state index is 0.264. The molecule has 4 heteroatoms. The van der Waals surface area contributed by atoms with E-state index in [0.717, 1.165) is 0 Å². The lowest BCUT2D eigenvalue weighted by Crippen LogP contribution is -2.11. The molecule has 2 heterocycles. The van der Waals surface area contributed by atoms with Gasteiger partial charge in [0.15, 0.2) is 11.6 Å². The Morgan fingerprint density at radius 2 is 1.17 bits per heavy atom. The molecule has 0 N–H and O–H groups in total. The van der Waals surface area contributed by atoms with Gasteiger partial charge in [0.1, 0.15) is 11.5 Å². The molecule has 4 nitrogen and oxygen atoms in total. The van der Waals surface area contributed by atoms with E-state index in [9.17, 15) is 9.59 Å². The van der Waals surface area contributed by atoms with Crippen molar-refractivity contribution in [1.29, 1.82) is 0 Å². The minimum Gasteiger partial charge on any atom is -0.464 e. The monoisotopic (exact) mass is 240 g/mol. The van der Waals surface area contributed by atoms with E-state index in [-0.39, 0.29) is 22.7 Å². The lowest BCUT2D eigenvalue weighted by Gasteiger charge is -2.08. The van der Waals surface area contributed by atoms with Crippen LogP contribution in [0, 0.1) is 0 Å². The van der Waals surface area contributed by atoms with Gasteiger partial charge >= 0.3 is 0 Å². The first-order valence-electron chi connectivity index (χ1n) is 5.35. The summed E-state index contributed by atoms with van der Waals surface area (Å²) in [6.45, 7) is 0. The third kappa shape index (κ3) is 1.64. The maximum absolute atomic E-state index is 11.9. The molecule has 2 aromatic heterocycles. The maximum Gasteiger partial charge on any atom is 0.190 e. The Hall–Kier alpha value is -2.62. The summed E-state index contributed by atoms with van der Waals surface area (Å²) in [7, 11) is 0. The molecule has 0 amide bonds. The van der Waals surface area contributed by atoms with E-state index in [0.29, 0.717) is 11.5 Å². The summed E-state index contributed by atoms with van der Waals surface area (Å²) in [5.74, 6) is 0.248. The van der Waals surface area contributed by atoms with E-state index in [1.165, 1.54) is 24.7 Å². The molecule has 0 unspecified atom stereocenters. The maximum atomic E-state index is 11.9. The zero-order valence-electron chi connectivity index (χ0n) is 9.25. The van der Waals surface area contributed by atoms with Crippen LogP contribution in [0.4, 0.5) is 0 Å². The van der Waals surface area contributed by atoms with E-state index in [2.05, 4.69) is 0 Å². The quantitative estimate of drug-likeness (QED) is 0.756. The normalized spacial score (nSPS) is 15.6. The van der Waals surface area contributed by atoms with Gasteiger partial charge in [0.2, 0.25) is 0 Å². The van der Waals surface area contributed by atoms with Crippen molar-refractivity contribution in [1.82, 2.24) is 0 Å². The van der Waals surface area contributed by atoms with Crippen LogP contribution in [0.5, 0.6) is 0 Å². The highest BCUT2D eigenvalue weighted by Crippen LogP contribution is 2.27. The molecule has 0 aliphatic heterocycles. The highest BCUT2D eigenvalue weighted by atomic mass is 16.3. The van der Waals surface area contributed by atoms with Crippen LogP contribution < -0.4 is 0 Å². The molecule has 1 aliphatic rings. The zero-order valence-corrected chi connectivity index (χ0v) is 9.25. The minimum atomic E-state index is -0.268. The molecular formula is C14H8O4. The highest BCUT2D eigenvalue weighted by molar-refractivity contribution is 6.43. The fourth-order valence-electron chi connectivity index (χ4n) is 1.81. The van der Waals surface area contributed by atoms with E-state index in [1.807, 2.05) is 0 Å². The summed E-state index contributed by atoms with van der Waals surface area (Å²) in [6.07, 6.45) is 5.47. The number of hydrogen-bond donors (Lipinski definition) is 0. The fraction of sp³-hybridized carbons (Fsp3) is 0. The van der Waals surface area contributed by atoms with Crippen molar-refractivity contribution in [2.45, 2.75) is 0 Å². The topological polar surface area (TPSA) is 60.4 Å². The third-order valence-electron chi connectivity index (χ3n) is 2.66. The Kier molecular flexibility index (Phi) is 2.34. The average Bonchev–Trinajstić information content (AvgIpc) is 3.02. The molecule has 1 aliphatic carbocycles. The summed E-state index contributed by atoms with van der Waals surface area (Å²) in [5.41, 5.74) is 0.528. The summed E-state index contributed by atoms with van der Waals surface area (Å²) < 4.78 is 10.2. The summed E-state index contributed by atoms with van der Waals surface area (Å²) >= 11 is 0. The van der Waals surface area contributed by atoms with E-state index < -0.39 is 0 Å². The number of rotatable bonds is 2. The average molecular weight is 240 g/mol. The summed E-state index contributed by atoms with van der Waals surface area (Å²) in [6, 6.07) is 6.62. The summed E-state index contributed by atoms with van der Waals surface area (Å²) in [5, 5.41) is 0. The van der Waals surface area contributed by atoms with Crippen molar-refractivity contribution in [2.24, 2.45) is 0 Å². The van der Waals surface area contributed by atoms with Gasteiger partial charge in [-0.15, -0.1) is 0 Å². The molecule has 18 heavy (non-hydrogen) atoms. The Bertz CT molecular complexity index is 594. The number of allylic oxidation sites excluding steroid dienone is 4. The third-order valence-corrected chi connectivity index (χ3v) is 2.66. The van der Waals surface area contributed by atoms with Crippen LogP contribution in [0.1, 0.15) is 11.5 Å². The van der Waals surface area contributed by atoms with Crippen LogP contribution in [-0.2, 0) is 9.59 Å². The second-order valence-electron chi connectivity index (χ2n) is 3.80. The number of hydrogen-bond acceptors (Lipinski definition) is 4. The van der Waals surface area contributed by atoms with E-state index in [1.54, 1.807) is 24.3 Å². The molecule has 0 saturated carbocycles. The van der Waals surface area contributed by atoms with E-state index in [4.69, 9.17) is 8.83 Å². The first-order chi connectivity index (χ1) is 8.75. The van der Waals surface area contributed by atoms with Crippen molar-refractivity contribution >= 4 is 22.7 Å². The number of ketones is 2. The number of furan rings is 2. The lowest BCUT2D eigenvalue weighted by molar-refractivity contribution is -0.112. The molecule has 0 radical (unpaired) electrons. The second-order valence-corrected chi connectivity index (χ2v) is 3.80. The van der Waals surface area contributed by atoms with Crippen LogP contribution in [-0.4, -0.2) is 11.6 Å². The van der Waals surface area contributed by atoms with Crippen LogP contribution in [0.25, 0.3) is 11.1 Å². The smallest absolute Gasteiger partial charge is 0.190 e. The van der Waals surface area contributed by atoms with Gasteiger partial charge in [-0.2, -0.15) is 0 Å². The van der Waals surface area contributed by atoms with Gasteiger partial charge < -0.3 is 8.83 Å². The standard InChI is InChI=1S/C14H8O4/c15-11-8-10(14-4-2-6-18-14)12(16)7-9(11)13-3-1-5-17-13/h1-8H. The Morgan fingerprint density at radius 3 is 1.50 bits per heavy atom. The number of carbonyl (C=O) groups excluding carboxylic acids is 2. The molecule has 3 rings (SSSR count). The van der Waals surface area contributed by atoms with Crippen molar-refractivity contribution in [3.8, 4) is 0 Å². The Morgan fingerprint density at radius 1 is 0.722 bits per heavy atom. The Labute approximate surface area is 102 Å². The van der Waals surface area contributed by atoms with E-state index >= 15 is 0 Å². The van der Waals surface area contributed by atoms with Gasteiger partial charge in [-0.3, -0.25) is 9.59 Å². The second kappa shape index (κ2) is 4.00. The zero-order chi connectivity index (χ0) is 12.5. The van der Waals surface area contributed by atoms with Crippen molar-refractivity contribution in [3.63, 3.8) is 0 Å². The summed E-state index contributed by atoms with van der Waals surface area (Å²) in [4.78, 5) is 23.9. The predicted octanol–water partition coefficient (Wildman–Crippen LogP) is 2.49. The first kappa shape index (κ1) is 10.5. The molecule has 2 aromatic rings. The molecule has 0 saturated heterocycles. The molecule has 0 atom stereocenters. The highest BCUT2D eigenvalue weighted by Gasteiger charge is 2.24. The molecule has 0 bridgehead atoms. The molecule has 0 fully saturated rings. The van der Waals surface area contributed by atoms with Crippen LogP contribution in [0.2, 0.25) is 0 Å². The van der Waals surface area contributed by atoms with Gasteiger partial charge in [0, 0.05) is 12.2 Å². The largest absolute Gasteiger partial charge is 0.464 e. The SMILES string of the molecule is O=C1C=C(c2ccco2)C(=O)C=C1c1ccco1. The molecule has 0 spiro atoms. The van der Waals surface area contributed by atoms with Crippen molar-refractivity contribution < 1.29 is 18.4 Å². The predicted molar refractivity (Wildman–Crippen MR) is 63.4 cm³/mol. The fourth-order valence-corrected chi connectivity index (χ4v) is 1.81. The lowest BCUT2D eigenvalue weighted by atomic mass is 9.94. The Balaban J connectivity index is 2.01. The van der Waals surface area contributed by atoms with Gasteiger partial charge in [-0.25, -0.2) is 0 Å². The van der Waals surface area contributed by atoms with Crippen LogP contribution in [0.3, 0.4) is 0 Å². The van der Waals surface area contributed by atoms with Gasteiger partial charge in [0.05, 0.1) is 23.7 Å².